The number of alkyl halides is 3. The molecular weight excluding hydrogens is 311 g/mol. The summed E-state index contributed by atoms with van der Waals surface area (Å²) in [5, 5.41) is 2.45. The molecule has 1 aromatic carbocycles. The molecular formula is C12H7ClF3N3O2. The predicted octanol–water partition coefficient (Wildman–Crippen LogP) is 3.58. The van der Waals surface area contributed by atoms with Gasteiger partial charge in [0.1, 0.15) is 17.3 Å². The fourth-order valence-electron chi connectivity index (χ4n) is 1.49. The third-order valence-electron chi connectivity index (χ3n) is 2.32. The van der Waals surface area contributed by atoms with Gasteiger partial charge in [-0.3, -0.25) is 4.79 Å². The minimum absolute atomic E-state index is 0.0207. The van der Waals surface area contributed by atoms with Gasteiger partial charge in [-0.25, -0.2) is 9.97 Å². The lowest BCUT2D eigenvalue weighted by molar-refractivity contribution is -0.274. The highest BCUT2D eigenvalue weighted by molar-refractivity contribution is 6.32. The molecule has 21 heavy (non-hydrogen) atoms. The molecule has 0 saturated carbocycles. The number of hydrogen-bond donors (Lipinski definition) is 1. The highest BCUT2D eigenvalue weighted by Gasteiger charge is 2.32. The SMILES string of the molecule is O=Cc1c(Cl)ncnc1Nc1ccccc1OC(F)(F)F. The summed E-state index contributed by atoms with van der Waals surface area (Å²) in [7, 11) is 0. The molecule has 0 atom stereocenters. The van der Waals surface area contributed by atoms with Crippen LogP contribution in [0.25, 0.3) is 0 Å². The lowest BCUT2D eigenvalue weighted by Crippen LogP contribution is -2.18. The van der Waals surface area contributed by atoms with E-state index in [-0.39, 0.29) is 22.2 Å². The number of carbonyl (C=O) groups excluding carboxylic acids is 1. The average Bonchev–Trinajstić information content (AvgIpc) is 2.40. The number of aldehydes is 1. The fraction of sp³-hybridized carbons (Fsp3) is 0.0833. The van der Waals surface area contributed by atoms with Gasteiger partial charge >= 0.3 is 6.36 Å². The maximum Gasteiger partial charge on any atom is 0.573 e. The molecule has 0 aliphatic rings. The summed E-state index contributed by atoms with van der Waals surface area (Å²) in [5.74, 6) is -0.486. The van der Waals surface area contributed by atoms with E-state index >= 15 is 0 Å². The smallest absolute Gasteiger partial charge is 0.404 e. The largest absolute Gasteiger partial charge is 0.573 e. The lowest BCUT2D eigenvalue weighted by atomic mass is 10.2. The number of para-hydroxylation sites is 2. The summed E-state index contributed by atoms with van der Waals surface area (Å²) in [6.45, 7) is 0. The number of nitrogens with zero attached hydrogens (tertiary/aromatic N) is 2. The van der Waals surface area contributed by atoms with Crippen LogP contribution < -0.4 is 10.1 Å². The molecule has 0 aliphatic carbocycles. The topological polar surface area (TPSA) is 64.1 Å². The second-order valence-electron chi connectivity index (χ2n) is 3.71. The summed E-state index contributed by atoms with van der Waals surface area (Å²) < 4.78 is 40.8. The van der Waals surface area contributed by atoms with Crippen molar-refractivity contribution in [1.29, 1.82) is 0 Å². The van der Waals surface area contributed by atoms with E-state index in [4.69, 9.17) is 11.6 Å². The van der Waals surface area contributed by atoms with Crippen LogP contribution in [0.4, 0.5) is 24.7 Å². The number of rotatable bonds is 4. The van der Waals surface area contributed by atoms with Crippen molar-refractivity contribution >= 4 is 29.4 Å². The van der Waals surface area contributed by atoms with E-state index < -0.39 is 12.1 Å². The van der Waals surface area contributed by atoms with Crippen molar-refractivity contribution in [2.75, 3.05) is 5.32 Å². The Bertz CT molecular complexity index is 664. The molecule has 5 nitrogen and oxygen atoms in total. The molecule has 1 N–H and O–H groups in total. The van der Waals surface area contributed by atoms with Gasteiger partial charge in [-0.2, -0.15) is 0 Å². The quantitative estimate of drug-likeness (QED) is 0.689. The first-order chi connectivity index (χ1) is 9.90. The Kier molecular flexibility index (Phi) is 4.27. The third kappa shape index (κ3) is 3.82. The van der Waals surface area contributed by atoms with E-state index in [1.807, 2.05) is 0 Å². The summed E-state index contributed by atoms with van der Waals surface area (Å²) in [5.41, 5.74) is -0.0892. The number of ether oxygens (including phenoxy) is 1. The van der Waals surface area contributed by atoms with Gasteiger partial charge in [-0.15, -0.1) is 13.2 Å². The van der Waals surface area contributed by atoms with E-state index in [0.717, 1.165) is 12.4 Å². The second kappa shape index (κ2) is 5.96. The van der Waals surface area contributed by atoms with Crippen LogP contribution in [-0.2, 0) is 0 Å². The van der Waals surface area contributed by atoms with Crippen LogP contribution >= 0.6 is 11.6 Å². The van der Waals surface area contributed by atoms with Gasteiger partial charge in [-0.05, 0) is 12.1 Å². The average molecular weight is 318 g/mol. The Morgan fingerprint density at radius 1 is 1.24 bits per heavy atom. The van der Waals surface area contributed by atoms with Crippen molar-refractivity contribution in [2.45, 2.75) is 6.36 Å². The van der Waals surface area contributed by atoms with Gasteiger partial charge in [-0.1, -0.05) is 23.7 Å². The van der Waals surface area contributed by atoms with E-state index in [1.165, 1.54) is 18.2 Å². The van der Waals surface area contributed by atoms with Crippen molar-refractivity contribution in [2.24, 2.45) is 0 Å². The fourth-order valence-corrected chi connectivity index (χ4v) is 1.67. The van der Waals surface area contributed by atoms with Crippen LogP contribution in [0, 0.1) is 0 Å². The zero-order valence-corrected chi connectivity index (χ0v) is 10.9. The number of aromatic nitrogens is 2. The van der Waals surface area contributed by atoms with E-state index in [2.05, 4.69) is 20.0 Å². The molecule has 0 aliphatic heterocycles. The molecule has 0 amide bonds. The molecule has 0 bridgehead atoms. The standard InChI is InChI=1S/C12H7ClF3N3O2/c13-10-7(5-20)11(18-6-17-10)19-8-3-1-2-4-9(8)21-12(14,15)16/h1-6H,(H,17,18,19). The predicted molar refractivity (Wildman–Crippen MR) is 68.8 cm³/mol. The van der Waals surface area contributed by atoms with Gasteiger partial charge in [0, 0.05) is 0 Å². The number of benzene rings is 1. The first kappa shape index (κ1) is 15.0. The van der Waals surface area contributed by atoms with Crippen LogP contribution in [0.3, 0.4) is 0 Å². The highest BCUT2D eigenvalue weighted by Crippen LogP contribution is 2.32. The number of carbonyl (C=O) groups is 1. The molecule has 1 heterocycles. The maximum absolute atomic E-state index is 12.3. The zero-order chi connectivity index (χ0) is 15.5. The lowest BCUT2D eigenvalue weighted by Gasteiger charge is -2.14. The number of hydrogen-bond acceptors (Lipinski definition) is 5. The van der Waals surface area contributed by atoms with Crippen LogP contribution in [0.15, 0.2) is 30.6 Å². The second-order valence-corrected chi connectivity index (χ2v) is 4.07. The zero-order valence-electron chi connectivity index (χ0n) is 10.2. The van der Waals surface area contributed by atoms with Gasteiger partial charge in [0.2, 0.25) is 0 Å². The van der Waals surface area contributed by atoms with Gasteiger partial charge in [0.25, 0.3) is 0 Å². The molecule has 1 aromatic heterocycles. The molecule has 9 heteroatoms. The Balaban J connectivity index is 2.37. The Morgan fingerprint density at radius 2 is 1.95 bits per heavy atom. The molecule has 0 saturated heterocycles. The third-order valence-corrected chi connectivity index (χ3v) is 2.62. The molecule has 0 fully saturated rings. The number of halogens is 4. The van der Waals surface area contributed by atoms with Gasteiger partial charge < -0.3 is 10.1 Å². The van der Waals surface area contributed by atoms with E-state index in [9.17, 15) is 18.0 Å². The van der Waals surface area contributed by atoms with Crippen LogP contribution in [0.5, 0.6) is 5.75 Å². The summed E-state index contributed by atoms with van der Waals surface area (Å²) >= 11 is 5.71. The summed E-state index contributed by atoms with van der Waals surface area (Å²) in [6, 6.07) is 5.33. The molecule has 2 rings (SSSR count). The molecule has 0 unspecified atom stereocenters. The minimum Gasteiger partial charge on any atom is -0.404 e. The molecule has 0 radical (unpaired) electrons. The van der Waals surface area contributed by atoms with Crippen molar-refractivity contribution < 1.29 is 22.7 Å². The Morgan fingerprint density at radius 3 is 2.62 bits per heavy atom. The normalized spacial score (nSPS) is 11.0. The van der Waals surface area contributed by atoms with E-state index in [0.29, 0.717) is 6.29 Å². The first-order valence-corrected chi connectivity index (χ1v) is 5.86. The molecule has 110 valence electrons. The highest BCUT2D eigenvalue weighted by atomic mass is 35.5. The number of anilines is 2. The van der Waals surface area contributed by atoms with Crippen LogP contribution in [0.1, 0.15) is 10.4 Å². The van der Waals surface area contributed by atoms with Crippen LogP contribution in [-0.4, -0.2) is 22.6 Å². The van der Waals surface area contributed by atoms with Gasteiger partial charge in [0.15, 0.2) is 12.0 Å². The monoisotopic (exact) mass is 317 g/mol. The van der Waals surface area contributed by atoms with E-state index in [1.54, 1.807) is 0 Å². The van der Waals surface area contributed by atoms with Crippen LogP contribution in [0.2, 0.25) is 5.15 Å². The minimum atomic E-state index is -4.84. The Hall–Kier alpha value is -2.35. The maximum atomic E-state index is 12.3. The van der Waals surface area contributed by atoms with Crippen molar-refractivity contribution in [3.05, 3.63) is 41.3 Å². The molecule has 2 aromatic rings. The van der Waals surface area contributed by atoms with Crippen molar-refractivity contribution in [3.63, 3.8) is 0 Å². The summed E-state index contributed by atoms with van der Waals surface area (Å²) in [4.78, 5) is 18.3. The van der Waals surface area contributed by atoms with Crippen molar-refractivity contribution in [1.82, 2.24) is 9.97 Å². The van der Waals surface area contributed by atoms with Crippen molar-refractivity contribution in [3.8, 4) is 5.75 Å². The first-order valence-electron chi connectivity index (χ1n) is 5.48. The Labute approximate surface area is 121 Å². The summed E-state index contributed by atoms with van der Waals surface area (Å²) in [6.07, 6.45) is -3.36. The molecule has 0 spiro atoms. The van der Waals surface area contributed by atoms with Gasteiger partial charge in [0.05, 0.1) is 11.3 Å². The number of nitrogens with one attached hydrogen (secondary N) is 1.